The number of rotatable bonds is 12. The Hall–Kier alpha value is -2.59. The quantitative estimate of drug-likeness (QED) is 0.247. The summed E-state index contributed by atoms with van der Waals surface area (Å²) >= 11 is 4.00. The fourth-order valence-corrected chi connectivity index (χ4v) is 2.94. The number of carboxylic acid groups (broad SMARTS) is 1. The Morgan fingerprint density at radius 3 is 2.00 bits per heavy atom. The van der Waals surface area contributed by atoms with Crippen LogP contribution in [0.15, 0.2) is 30.3 Å². The predicted molar refractivity (Wildman–Crippen MR) is 121 cm³/mol. The van der Waals surface area contributed by atoms with Crippen LogP contribution in [0.3, 0.4) is 0 Å². The maximum absolute atomic E-state index is 13.0. The lowest BCUT2D eigenvalue weighted by Crippen LogP contribution is -2.57. The molecule has 4 unspecified atom stereocenters. The summed E-state index contributed by atoms with van der Waals surface area (Å²) in [4.78, 5) is 49.0. The first-order valence-corrected chi connectivity index (χ1v) is 10.7. The van der Waals surface area contributed by atoms with E-state index < -0.39 is 47.9 Å². The third-order valence-electron chi connectivity index (χ3n) is 4.52. The van der Waals surface area contributed by atoms with Crippen molar-refractivity contribution < 1.29 is 24.3 Å². The van der Waals surface area contributed by atoms with E-state index in [1.54, 1.807) is 24.3 Å². The summed E-state index contributed by atoms with van der Waals surface area (Å²) in [5, 5.41) is 16.7. The van der Waals surface area contributed by atoms with E-state index in [1.165, 1.54) is 6.92 Å². The highest BCUT2D eigenvalue weighted by atomic mass is 32.1. The van der Waals surface area contributed by atoms with Gasteiger partial charge in [-0.2, -0.15) is 12.6 Å². The number of aliphatic carboxylic acids is 1. The lowest BCUT2D eigenvalue weighted by Gasteiger charge is -2.25. The molecule has 0 aromatic heterocycles. The zero-order chi connectivity index (χ0) is 23.6. The van der Waals surface area contributed by atoms with Crippen LogP contribution in [-0.2, 0) is 25.6 Å². The Morgan fingerprint density at radius 2 is 1.48 bits per heavy atom. The number of carboxylic acids is 1. The number of benzene rings is 1. The molecule has 1 aromatic rings. The van der Waals surface area contributed by atoms with E-state index in [-0.39, 0.29) is 18.1 Å². The van der Waals surface area contributed by atoms with Crippen LogP contribution in [0.5, 0.6) is 0 Å². The summed E-state index contributed by atoms with van der Waals surface area (Å²) in [6, 6.07) is 5.09. The first kappa shape index (κ1) is 26.4. The summed E-state index contributed by atoms with van der Waals surface area (Å²) < 4.78 is 0. The smallest absolute Gasteiger partial charge is 0.325 e. The largest absolute Gasteiger partial charge is 0.480 e. The minimum Gasteiger partial charge on any atom is -0.480 e. The molecule has 9 nitrogen and oxygen atoms in total. The predicted octanol–water partition coefficient (Wildman–Crippen LogP) is 0.0912. The van der Waals surface area contributed by atoms with E-state index in [9.17, 15) is 19.2 Å². The van der Waals surface area contributed by atoms with Gasteiger partial charge in [0.1, 0.15) is 18.1 Å². The molecular formula is C21H32N4O5S. The van der Waals surface area contributed by atoms with Crippen molar-refractivity contribution in [3.05, 3.63) is 35.9 Å². The highest BCUT2D eigenvalue weighted by molar-refractivity contribution is 7.80. The number of nitrogens with two attached hydrogens (primary N) is 1. The number of hydrogen-bond acceptors (Lipinski definition) is 6. The second kappa shape index (κ2) is 13.0. The lowest BCUT2D eigenvalue weighted by atomic mass is 10.0. The highest BCUT2D eigenvalue weighted by Crippen LogP contribution is 2.08. The Morgan fingerprint density at radius 1 is 0.935 bits per heavy atom. The maximum Gasteiger partial charge on any atom is 0.325 e. The van der Waals surface area contributed by atoms with Crippen LogP contribution in [0.1, 0.15) is 32.8 Å². The van der Waals surface area contributed by atoms with Gasteiger partial charge in [-0.05, 0) is 24.8 Å². The minimum atomic E-state index is -1.19. The number of amides is 3. The molecule has 4 atom stereocenters. The molecular weight excluding hydrogens is 420 g/mol. The molecule has 1 rings (SSSR count). The number of carbonyl (C=O) groups is 4. The van der Waals surface area contributed by atoms with Gasteiger partial charge in [0.25, 0.3) is 0 Å². The third kappa shape index (κ3) is 9.39. The number of carbonyl (C=O) groups excluding carboxylic acids is 3. The molecule has 31 heavy (non-hydrogen) atoms. The Labute approximate surface area is 187 Å². The zero-order valence-corrected chi connectivity index (χ0v) is 18.9. The molecule has 0 heterocycles. The van der Waals surface area contributed by atoms with Crippen LogP contribution in [0, 0.1) is 5.92 Å². The van der Waals surface area contributed by atoms with Crippen LogP contribution in [0.25, 0.3) is 0 Å². The number of hydrogen-bond donors (Lipinski definition) is 6. The van der Waals surface area contributed by atoms with Crippen LogP contribution in [-0.4, -0.2) is 58.7 Å². The average molecular weight is 453 g/mol. The molecule has 0 saturated heterocycles. The Bertz CT molecular complexity index is 759. The van der Waals surface area contributed by atoms with Gasteiger partial charge in [-0.1, -0.05) is 44.2 Å². The molecule has 0 fully saturated rings. The van der Waals surface area contributed by atoms with E-state index >= 15 is 0 Å². The van der Waals surface area contributed by atoms with Crippen LogP contribution >= 0.6 is 12.6 Å². The molecule has 0 aliphatic heterocycles. The second-order valence-electron chi connectivity index (χ2n) is 7.80. The van der Waals surface area contributed by atoms with Crippen molar-refractivity contribution in [3.8, 4) is 0 Å². The van der Waals surface area contributed by atoms with Gasteiger partial charge in [0.15, 0.2) is 0 Å². The van der Waals surface area contributed by atoms with Gasteiger partial charge in [0.2, 0.25) is 17.7 Å². The normalized spacial score (nSPS) is 14.8. The number of nitrogens with one attached hydrogen (secondary N) is 3. The van der Waals surface area contributed by atoms with Crippen molar-refractivity contribution in [2.75, 3.05) is 5.75 Å². The van der Waals surface area contributed by atoms with Gasteiger partial charge in [0.05, 0.1) is 6.04 Å². The Balaban J connectivity index is 3.03. The molecule has 0 bridgehead atoms. The van der Waals surface area contributed by atoms with Crippen molar-refractivity contribution >= 4 is 36.3 Å². The first-order chi connectivity index (χ1) is 14.5. The fourth-order valence-electron chi connectivity index (χ4n) is 2.77. The van der Waals surface area contributed by atoms with Crippen LogP contribution < -0.4 is 21.7 Å². The van der Waals surface area contributed by atoms with E-state index in [2.05, 4.69) is 28.6 Å². The topological polar surface area (TPSA) is 151 Å². The first-order valence-electron chi connectivity index (χ1n) is 10.1. The highest BCUT2D eigenvalue weighted by Gasteiger charge is 2.29. The van der Waals surface area contributed by atoms with Crippen molar-refractivity contribution in [3.63, 3.8) is 0 Å². The molecule has 6 N–H and O–H groups in total. The van der Waals surface area contributed by atoms with Gasteiger partial charge in [-0.25, -0.2) is 0 Å². The standard InChI is InChI=1S/C21H32N4O5S/c1-12(2)9-16(24-18(26)15(22)11-31)20(28)25-17(10-14-7-5-4-6-8-14)19(27)23-13(3)21(29)30/h4-8,12-13,15-17,31H,9-11,22H2,1-3H3,(H,23,27)(H,24,26)(H,25,28)(H,29,30). The SMILES string of the molecule is CC(C)CC(NC(=O)C(N)CS)C(=O)NC(Cc1ccccc1)C(=O)NC(C)C(=O)O. The molecule has 3 amide bonds. The van der Waals surface area contributed by atoms with Crippen molar-refractivity contribution in [2.24, 2.45) is 11.7 Å². The summed E-state index contributed by atoms with van der Waals surface area (Å²) in [5.41, 5.74) is 6.48. The molecule has 0 radical (unpaired) electrons. The van der Waals surface area contributed by atoms with Crippen molar-refractivity contribution in [1.82, 2.24) is 16.0 Å². The van der Waals surface area contributed by atoms with Crippen molar-refractivity contribution in [2.45, 2.75) is 57.8 Å². The second-order valence-corrected chi connectivity index (χ2v) is 8.16. The zero-order valence-electron chi connectivity index (χ0n) is 18.0. The minimum absolute atomic E-state index is 0.0803. The lowest BCUT2D eigenvalue weighted by molar-refractivity contribution is -0.141. The number of thiol groups is 1. The molecule has 10 heteroatoms. The molecule has 172 valence electrons. The fraction of sp³-hybridized carbons (Fsp3) is 0.524. The van der Waals surface area contributed by atoms with Gasteiger partial charge in [-0.3, -0.25) is 19.2 Å². The van der Waals surface area contributed by atoms with Gasteiger partial charge >= 0.3 is 5.97 Å². The Kier molecular flexibility index (Phi) is 11.1. The van der Waals surface area contributed by atoms with Crippen LogP contribution in [0.2, 0.25) is 0 Å². The molecule has 0 spiro atoms. The van der Waals surface area contributed by atoms with Crippen molar-refractivity contribution in [1.29, 1.82) is 0 Å². The van der Waals surface area contributed by atoms with Crippen LogP contribution in [0.4, 0.5) is 0 Å². The molecule has 0 aliphatic carbocycles. The van der Waals surface area contributed by atoms with Gasteiger partial charge in [0, 0.05) is 12.2 Å². The van der Waals surface area contributed by atoms with Gasteiger partial charge in [-0.15, -0.1) is 0 Å². The summed E-state index contributed by atoms with van der Waals surface area (Å²) in [7, 11) is 0. The summed E-state index contributed by atoms with van der Waals surface area (Å²) in [6.07, 6.45) is 0.491. The van der Waals surface area contributed by atoms with E-state index in [0.29, 0.717) is 6.42 Å². The molecule has 0 saturated carbocycles. The monoisotopic (exact) mass is 452 g/mol. The summed E-state index contributed by atoms with van der Waals surface area (Å²) in [5.74, 6) is -2.69. The third-order valence-corrected chi connectivity index (χ3v) is 4.91. The summed E-state index contributed by atoms with van der Waals surface area (Å²) in [6.45, 7) is 5.13. The van der Waals surface area contributed by atoms with E-state index in [0.717, 1.165) is 5.56 Å². The molecule has 0 aliphatic rings. The van der Waals surface area contributed by atoms with E-state index in [4.69, 9.17) is 10.8 Å². The van der Waals surface area contributed by atoms with E-state index in [1.807, 2.05) is 19.9 Å². The average Bonchev–Trinajstić information content (AvgIpc) is 2.72. The van der Waals surface area contributed by atoms with Gasteiger partial charge < -0.3 is 26.8 Å². The molecule has 1 aromatic carbocycles. The maximum atomic E-state index is 13.0.